The molecule has 2 aromatic rings. The third kappa shape index (κ3) is 4.24. The molecule has 1 saturated heterocycles. The molecule has 0 amide bonds. The Morgan fingerprint density at radius 2 is 2.04 bits per heavy atom. The summed E-state index contributed by atoms with van der Waals surface area (Å²) in [6.45, 7) is 3.34. The fourth-order valence-corrected chi connectivity index (χ4v) is 3.50. The van der Waals surface area contributed by atoms with Crippen LogP contribution in [0.4, 0.5) is 0 Å². The molecule has 3 unspecified atom stereocenters. The Balaban J connectivity index is 1.78. The molecule has 23 heavy (non-hydrogen) atoms. The molecular formula is C17H19Br2NO3. The van der Waals surface area contributed by atoms with E-state index in [1.54, 1.807) is 6.20 Å². The first-order chi connectivity index (χ1) is 11.2. The van der Waals surface area contributed by atoms with Gasteiger partial charge in [0.15, 0.2) is 5.76 Å². The van der Waals surface area contributed by atoms with Crippen LogP contribution in [-0.4, -0.2) is 35.7 Å². The summed E-state index contributed by atoms with van der Waals surface area (Å²) in [5.41, 5.74) is 1.01. The van der Waals surface area contributed by atoms with Gasteiger partial charge in [0.2, 0.25) is 5.89 Å². The van der Waals surface area contributed by atoms with Crippen molar-refractivity contribution in [3.63, 3.8) is 0 Å². The molecule has 1 aliphatic rings. The number of hydrogen-bond donors (Lipinski definition) is 0. The smallest absolute Gasteiger partial charge is 0.201 e. The summed E-state index contributed by atoms with van der Waals surface area (Å²) < 4.78 is 18.8. The van der Waals surface area contributed by atoms with Crippen LogP contribution >= 0.6 is 31.9 Å². The first-order valence-electron chi connectivity index (χ1n) is 7.68. The van der Waals surface area contributed by atoms with Crippen LogP contribution < -0.4 is 0 Å². The molecule has 2 heterocycles. The largest absolute Gasteiger partial charge is 0.440 e. The highest BCUT2D eigenvalue weighted by Gasteiger charge is 2.30. The highest BCUT2D eigenvalue weighted by molar-refractivity contribution is 9.10. The second kappa shape index (κ2) is 7.92. The standard InChI is InChI=1S/C17H19Br2NO3/c1-11-6-7-21-16(10-22-11)14(8-18)17-20-9-15(23-17)12-2-4-13(19)5-3-12/h2-5,9,11,14,16H,6-8,10H2,1H3. The molecule has 1 aliphatic heterocycles. The molecule has 0 bridgehead atoms. The summed E-state index contributed by atoms with van der Waals surface area (Å²) in [5.74, 6) is 1.48. The Labute approximate surface area is 152 Å². The maximum Gasteiger partial charge on any atom is 0.201 e. The highest BCUT2D eigenvalue weighted by atomic mass is 79.9. The quantitative estimate of drug-likeness (QED) is 0.636. The Morgan fingerprint density at radius 1 is 1.26 bits per heavy atom. The number of benzene rings is 1. The summed E-state index contributed by atoms with van der Waals surface area (Å²) >= 11 is 7.00. The lowest BCUT2D eigenvalue weighted by atomic mass is 10.1. The molecule has 3 atom stereocenters. The van der Waals surface area contributed by atoms with Crippen LogP contribution in [0.25, 0.3) is 11.3 Å². The number of ether oxygens (including phenoxy) is 2. The molecule has 1 aromatic carbocycles. The van der Waals surface area contributed by atoms with Crippen LogP contribution in [0.5, 0.6) is 0 Å². The van der Waals surface area contributed by atoms with Crippen molar-refractivity contribution in [1.82, 2.24) is 4.98 Å². The lowest BCUT2D eigenvalue weighted by Crippen LogP contribution is -2.28. The average molecular weight is 445 g/mol. The van der Waals surface area contributed by atoms with E-state index in [-0.39, 0.29) is 18.1 Å². The van der Waals surface area contributed by atoms with E-state index in [2.05, 4.69) is 43.8 Å². The van der Waals surface area contributed by atoms with Crippen molar-refractivity contribution < 1.29 is 13.9 Å². The van der Waals surface area contributed by atoms with E-state index in [1.165, 1.54) is 0 Å². The summed E-state index contributed by atoms with van der Waals surface area (Å²) in [6.07, 6.45) is 2.88. The number of hydrogen-bond acceptors (Lipinski definition) is 4. The summed E-state index contributed by atoms with van der Waals surface area (Å²) in [5, 5.41) is 0.718. The molecule has 0 radical (unpaired) electrons. The van der Waals surface area contributed by atoms with Crippen molar-refractivity contribution in [3.05, 3.63) is 40.8 Å². The first-order valence-corrected chi connectivity index (χ1v) is 9.59. The van der Waals surface area contributed by atoms with E-state index >= 15 is 0 Å². The molecule has 1 aromatic heterocycles. The van der Waals surface area contributed by atoms with Gasteiger partial charge in [-0.25, -0.2) is 4.98 Å². The Bertz CT molecular complexity index is 629. The van der Waals surface area contributed by atoms with Crippen molar-refractivity contribution in [2.24, 2.45) is 0 Å². The second-order valence-corrected chi connectivity index (χ2v) is 7.24. The van der Waals surface area contributed by atoms with Gasteiger partial charge in [-0.1, -0.05) is 44.0 Å². The normalized spacial score (nSPS) is 23.4. The zero-order chi connectivity index (χ0) is 16.2. The Kier molecular flexibility index (Phi) is 5.91. The predicted molar refractivity (Wildman–Crippen MR) is 95.9 cm³/mol. The lowest BCUT2D eigenvalue weighted by Gasteiger charge is -2.21. The summed E-state index contributed by atoms with van der Waals surface area (Å²) in [7, 11) is 0. The second-order valence-electron chi connectivity index (χ2n) is 5.67. The molecule has 3 rings (SSSR count). The van der Waals surface area contributed by atoms with Gasteiger partial charge in [-0.05, 0) is 25.5 Å². The number of halogens is 2. The van der Waals surface area contributed by atoms with Gasteiger partial charge in [0, 0.05) is 22.0 Å². The van der Waals surface area contributed by atoms with Crippen LogP contribution in [0.2, 0.25) is 0 Å². The zero-order valence-electron chi connectivity index (χ0n) is 12.9. The van der Waals surface area contributed by atoms with Crippen LogP contribution in [-0.2, 0) is 9.47 Å². The molecule has 0 spiro atoms. The molecule has 1 fully saturated rings. The van der Waals surface area contributed by atoms with E-state index in [9.17, 15) is 0 Å². The van der Waals surface area contributed by atoms with Gasteiger partial charge in [0.1, 0.15) is 0 Å². The molecule has 0 saturated carbocycles. The van der Waals surface area contributed by atoms with Gasteiger partial charge in [0.05, 0.1) is 30.9 Å². The lowest BCUT2D eigenvalue weighted by molar-refractivity contribution is -0.00338. The van der Waals surface area contributed by atoms with E-state index in [0.29, 0.717) is 19.1 Å². The van der Waals surface area contributed by atoms with E-state index in [4.69, 9.17) is 13.9 Å². The van der Waals surface area contributed by atoms with Crippen LogP contribution in [0, 0.1) is 0 Å². The van der Waals surface area contributed by atoms with Crippen LogP contribution in [0.3, 0.4) is 0 Å². The average Bonchev–Trinajstić information content (AvgIpc) is 2.93. The van der Waals surface area contributed by atoms with Gasteiger partial charge >= 0.3 is 0 Å². The van der Waals surface area contributed by atoms with Crippen LogP contribution in [0.15, 0.2) is 39.4 Å². The minimum absolute atomic E-state index is 0.0319. The fourth-order valence-electron chi connectivity index (χ4n) is 2.54. The van der Waals surface area contributed by atoms with Gasteiger partial charge in [-0.2, -0.15) is 0 Å². The minimum Gasteiger partial charge on any atom is -0.440 e. The molecule has 4 nitrogen and oxygen atoms in total. The van der Waals surface area contributed by atoms with Gasteiger partial charge < -0.3 is 13.9 Å². The van der Waals surface area contributed by atoms with Crippen molar-refractivity contribution in [1.29, 1.82) is 0 Å². The number of oxazole rings is 1. The maximum absolute atomic E-state index is 5.99. The van der Waals surface area contributed by atoms with Gasteiger partial charge in [-0.3, -0.25) is 0 Å². The summed E-state index contributed by atoms with van der Waals surface area (Å²) in [6, 6.07) is 7.99. The first kappa shape index (κ1) is 17.1. The van der Waals surface area contributed by atoms with Crippen molar-refractivity contribution in [2.75, 3.05) is 18.5 Å². The molecular weight excluding hydrogens is 426 g/mol. The minimum atomic E-state index is -0.0456. The topological polar surface area (TPSA) is 44.5 Å². The van der Waals surface area contributed by atoms with E-state index in [1.807, 2.05) is 24.3 Å². The third-order valence-electron chi connectivity index (χ3n) is 3.99. The van der Waals surface area contributed by atoms with E-state index < -0.39 is 0 Å². The predicted octanol–water partition coefficient (Wildman–Crippen LogP) is 4.78. The number of nitrogens with zero attached hydrogens (tertiary/aromatic N) is 1. The van der Waals surface area contributed by atoms with Crippen LogP contribution in [0.1, 0.15) is 25.2 Å². The number of rotatable bonds is 4. The SMILES string of the molecule is CC1CCOC(C(CBr)c2ncc(-c3ccc(Br)cc3)o2)CO1. The summed E-state index contributed by atoms with van der Waals surface area (Å²) in [4.78, 5) is 4.47. The zero-order valence-corrected chi connectivity index (χ0v) is 16.0. The maximum atomic E-state index is 5.99. The van der Waals surface area contributed by atoms with Crippen molar-refractivity contribution in [2.45, 2.75) is 31.5 Å². The van der Waals surface area contributed by atoms with Crippen molar-refractivity contribution in [3.8, 4) is 11.3 Å². The number of alkyl halides is 1. The molecule has 6 heteroatoms. The Hall–Kier alpha value is -0.690. The Morgan fingerprint density at radius 3 is 2.78 bits per heavy atom. The van der Waals surface area contributed by atoms with Crippen molar-refractivity contribution >= 4 is 31.9 Å². The fraction of sp³-hybridized carbons (Fsp3) is 0.471. The monoisotopic (exact) mass is 443 g/mol. The third-order valence-corrected chi connectivity index (χ3v) is 5.21. The van der Waals surface area contributed by atoms with E-state index in [0.717, 1.165) is 27.5 Å². The molecule has 0 N–H and O–H groups in total. The van der Waals surface area contributed by atoms with Gasteiger partial charge in [0.25, 0.3) is 0 Å². The molecule has 124 valence electrons. The number of aromatic nitrogens is 1. The highest BCUT2D eigenvalue weighted by Crippen LogP contribution is 2.30. The van der Waals surface area contributed by atoms with Gasteiger partial charge in [-0.15, -0.1) is 0 Å². The molecule has 0 aliphatic carbocycles.